The molecule has 1 nitrogen and oxygen atoms in total. The Hall–Kier alpha value is 0.394. The van der Waals surface area contributed by atoms with Crippen LogP contribution in [0, 0.1) is 0 Å². The average Bonchev–Trinajstić information content (AvgIpc) is 1.81. The summed E-state index contributed by atoms with van der Waals surface area (Å²) in [5.74, 6) is 0. The Labute approximate surface area is 86.0 Å². The van der Waals surface area contributed by atoms with Crippen molar-refractivity contribution in [3.8, 4) is 0 Å². The molecule has 0 aliphatic heterocycles. The van der Waals surface area contributed by atoms with E-state index in [4.69, 9.17) is 4.43 Å². The second-order valence-electron chi connectivity index (χ2n) is 6.05. The van der Waals surface area contributed by atoms with Gasteiger partial charge in [-0.25, -0.2) is 0 Å². The van der Waals surface area contributed by atoms with Crippen molar-refractivity contribution in [2.24, 2.45) is 0 Å². The maximum Gasteiger partial charge on any atom is 0.184 e. The normalized spacial score (nSPS) is 18.5. The minimum Gasteiger partial charge on any atom is -0.415 e. The highest BCUT2D eigenvalue weighted by Gasteiger charge is 2.41. The summed E-state index contributed by atoms with van der Waals surface area (Å²) in [7, 11) is -2.60. The predicted molar refractivity (Wildman–Crippen MR) is 66.5 cm³/mol. The van der Waals surface area contributed by atoms with Crippen LogP contribution in [0.2, 0.25) is 39.3 Å². The van der Waals surface area contributed by atoms with Crippen molar-refractivity contribution in [1.29, 1.82) is 0 Å². The first-order valence-electron chi connectivity index (χ1n) is 5.22. The summed E-state index contributed by atoms with van der Waals surface area (Å²) in [5.41, 5.74) is 0. The Morgan fingerprint density at radius 2 is 1.38 bits per heavy atom. The summed E-state index contributed by atoms with van der Waals surface area (Å²) in [4.78, 5) is 0. The minimum atomic E-state index is -1.39. The second kappa shape index (κ2) is 3.87. The molecule has 0 saturated carbocycles. The smallest absolute Gasteiger partial charge is 0.184 e. The van der Waals surface area contributed by atoms with Gasteiger partial charge in [0.1, 0.15) is 0 Å². The molecule has 0 N–H and O–H groups in total. The summed E-state index contributed by atoms with van der Waals surface area (Å²) in [5, 5.41) is 0.164. The number of hydrogen-bond acceptors (Lipinski definition) is 1. The monoisotopic (exact) mass is 218 g/mol. The van der Waals surface area contributed by atoms with Crippen molar-refractivity contribution in [3.63, 3.8) is 0 Å². The van der Waals surface area contributed by atoms with Crippen molar-refractivity contribution in [1.82, 2.24) is 0 Å². The van der Waals surface area contributed by atoms with Gasteiger partial charge in [-0.05, 0) is 33.0 Å². The molecule has 3 heteroatoms. The highest BCUT2D eigenvalue weighted by Crippen LogP contribution is 2.31. The van der Waals surface area contributed by atoms with Gasteiger partial charge < -0.3 is 4.43 Å². The molecule has 0 amide bonds. The van der Waals surface area contributed by atoms with Crippen LogP contribution < -0.4 is 0 Å². The van der Waals surface area contributed by atoms with Crippen LogP contribution >= 0.6 is 0 Å². The van der Waals surface area contributed by atoms with E-state index in [0.29, 0.717) is 0 Å². The molecule has 1 unspecified atom stereocenters. The van der Waals surface area contributed by atoms with E-state index in [1.54, 1.807) is 0 Å². The van der Waals surface area contributed by atoms with Crippen molar-refractivity contribution in [2.45, 2.75) is 64.8 Å². The van der Waals surface area contributed by atoms with Gasteiger partial charge in [0.05, 0.1) is 8.07 Å². The minimum absolute atomic E-state index is 0.164. The van der Waals surface area contributed by atoms with Crippen LogP contribution in [-0.2, 0) is 4.43 Å². The first-order valence-corrected chi connectivity index (χ1v) is 12.1. The fourth-order valence-electron chi connectivity index (χ4n) is 1.43. The first-order chi connectivity index (χ1) is 5.52. The van der Waals surface area contributed by atoms with Crippen LogP contribution in [0.1, 0.15) is 20.3 Å². The molecule has 0 bridgehead atoms. The molecular formula is C10H26OSi2. The highest BCUT2D eigenvalue weighted by atomic mass is 28.4. The van der Waals surface area contributed by atoms with Crippen molar-refractivity contribution in [3.05, 3.63) is 0 Å². The molecule has 0 heterocycles. The molecular weight excluding hydrogens is 192 g/mol. The zero-order valence-electron chi connectivity index (χ0n) is 10.6. The Bertz CT molecular complexity index is 167. The molecule has 0 saturated heterocycles. The molecule has 0 aromatic carbocycles. The zero-order valence-corrected chi connectivity index (χ0v) is 12.6. The van der Waals surface area contributed by atoms with Crippen LogP contribution in [0.3, 0.4) is 0 Å². The average molecular weight is 218 g/mol. The molecule has 80 valence electrons. The number of hydrogen-bond donors (Lipinski definition) is 0. The topological polar surface area (TPSA) is 9.23 Å². The Morgan fingerprint density at radius 3 is 1.46 bits per heavy atom. The number of rotatable bonds is 4. The Kier molecular flexibility index (Phi) is 3.99. The van der Waals surface area contributed by atoms with Crippen molar-refractivity contribution in [2.75, 3.05) is 0 Å². The van der Waals surface area contributed by atoms with Gasteiger partial charge in [-0.3, -0.25) is 0 Å². The Balaban J connectivity index is 4.67. The molecule has 0 aliphatic carbocycles. The maximum atomic E-state index is 6.34. The molecule has 0 aromatic heterocycles. The van der Waals surface area contributed by atoms with E-state index < -0.39 is 16.4 Å². The molecule has 0 rings (SSSR count). The van der Waals surface area contributed by atoms with E-state index in [2.05, 4.69) is 53.1 Å². The third-order valence-corrected chi connectivity index (χ3v) is 7.69. The third-order valence-electron chi connectivity index (χ3n) is 2.79. The molecule has 0 fully saturated rings. The van der Waals surface area contributed by atoms with Gasteiger partial charge in [0.25, 0.3) is 0 Å². The largest absolute Gasteiger partial charge is 0.415 e. The van der Waals surface area contributed by atoms with E-state index in [1.807, 2.05) is 0 Å². The molecule has 0 spiro atoms. The lowest BCUT2D eigenvalue weighted by Crippen LogP contribution is -2.55. The highest BCUT2D eigenvalue weighted by molar-refractivity contribution is 6.80. The van der Waals surface area contributed by atoms with E-state index >= 15 is 0 Å². The van der Waals surface area contributed by atoms with E-state index in [1.165, 1.54) is 0 Å². The maximum absolute atomic E-state index is 6.34. The van der Waals surface area contributed by atoms with E-state index in [-0.39, 0.29) is 5.22 Å². The van der Waals surface area contributed by atoms with Crippen LogP contribution in [-0.4, -0.2) is 21.6 Å². The van der Waals surface area contributed by atoms with Gasteiger partial charge in [0.2, 0.25) is 0 Å². The van der Waals surface area contributed by atoms with Crippen LogP contribution in [0.15, 0.2) is 0 Å². The fourth-order valence-corrected chi connectivity index (χ4v) is 6.13. The summed E-state index contributed by atoms with van der Waals surface area (Å²) >= 11 is 0. The van der Waals surface area contributed by atoms with E-state index in [0.717, 1.165) is 6.42 Å². The van der Waals surface area contributed by atoms with Gasteiger partial charge in [-0.2, -0.15) is 0 Å². The Morgan fingerprint density at radius 1 is 1.00 bits per heavy atom. The summed E-state index contributed by atoms with van der Waals surface area (Å²) in [6.45, 7) is 18.6. The summed E-state index contributed by atoms with van der Waals surface area (Å²) in [6, 6.07) is 0. The lowest BCUT2D eigenvalue weighted by molar-refractivity contribution is 0.151. The predicted octanol–water partition coefficient (Wildman–Crippen LogP) is 3.88. The molecule has 1 atom stereocenters. The second-order valence-corrected chi connectivity index (χ2v) is 16.0. The molecule has 0 aromatic rings. The first kappa shape index (κ1) is 13.4. The zero-order chi connectivity index (χ0) is 10.9. The standard InChI is InChI=1S/C10H26OSi2/c1-9-10(2,12(3,4)5)11-13(6,7)8/h9H2,1-8H3. The van der Waals surface area contributed by atoms with Gasteiger partial charge in [-0.15, -0.1) is 0 Å². The van der Waals surface area contributed by atoms with E-state index in [9.17, 15) is 0 Å². The molecule has 0 radical (unpaired) electrons. The van der Waals surface area contributed by atoms with Gasteiger partial charge >= 0.3 is 0 Å². The van der Waals surface area contributed by atoms with Gasteiger partial charge in [0.15, 0.2) is 8.32 Å². The lowest BCUT2D eigenvalue weighted by Gasteiger charge is -2.44. The van der Waals surface area contributed by atoms with Crippen molar-refractivity contribution >= 4 is 16.4 Å². The fraction of sp³-hybridized carbons (Fsp3) is 1.00. The summed E-state index contributed by atoms with van der Waals surface area (Å²) in [6.07, 6.45) is 1.15. The van der Waals surface area contributed by atoms with Gasteiger partial charge in [0, 0.05) is 5.22 Å². The van der Waals surface area contributed by atoms with Crippen molar-refractivity contribution < 1.29 is 4.43 Å². The quantitative estimate of drug-likeness (QED) is 0.651. The lowest BCUT2D eigenvalue weighted by atomic mass is 10.3. The van der Waals surface area contributed by atoms with Crippen LogP contribution in [0.5, 0.6) is 0 Å². The molecule has 0 aliphatic rings. The van der Waals surface area contributed by atoms with Crippen LogP contribution in [0.4, 0.5) is 0 Å². The molecule has 13 heavy (non-hydrogen) atoms. The summed E-state index contributed by atoms with van der Waals surface area (Å²) < 4.78 is 6.34. The SMILES string of the molecule is CCC(C)(O[Si](C)(C)C)[Si](C)(C)C. The van der Waals surface area contributed by atoms with Gasteiger partial charge in [-0.1, -0.05) is 26.6 Å². The third kappa shape index (κ3) is 3.96. The van der Waals surface area contributed by atoms with Crippen LogP contribution in [0.25, 0.3) is 0 Å².